The van der Waals surface area contributed by atoms with Gasteiger partial charge in [-0.3, -0.25) is 0 Å². The second kappa shape index (κ2) is 4.60. The van der Waals surface area contributed by atoms with Crippen LogP contribution in [0.5, 0.6) is 0 Å². The van der Waals surface area contributed by atoms with Crippen LogP contribution in [0, 0.1) is 11.3 Å². The number of nitrogens with zero attached hydrogens (tertiary/aromatic N) is 3. The molecule has 3 heterocycles. The lowest BCUT2D eigenvalue weighted by Gasteiger charge is -2.21. The van der Waals surface area contributed by atoms with Gasteiger partial charge in [0.05, 0.1) is 10.5 Å². The lowest BCUT2D eigenvalue weighted by molar-refractivity contribution is 0.444. The van der Waals surface area contributed by atoms with Crippen molar-refractivity contribution in [3.8, 4) is 6.07 Å². The van der Waals surface area contributed by atoms with E-state index in [-0.39, 0.29) is 0 Å². The molecule has 92 valence electrons. The molecule has 0 unspecified atom stereocenters. The number of pyridine rings is 1. The summed E-state index contributed by atoms with van der Waals surface area (Å²) in [6.45, 7) is 2.00. The minimum Gasteiger partial charge on any atom is -0.317 e. The number of hydrogen-bond acceptors (Lipinski definition) is 3. The van der Waals surface area contributed by atoms with E-state index < -0.39 is 0 Å². The monoisotopic (exact) mass is 260 g/mol. The highest BCUT2D eigenvalue weighted by atomic mass is 35.5. The molecule has 0 amide bonds. The van der Waals surface area contributed by atoms with Gasteiger partial charge in [0.2, 0.25) is 0 Å². The maximum Gasteiger partial charge on any atom is 0.166 e. The van der Waals surface area contributed by atoms with Crippen molar-refractivity contribution >= 4 is 17.1 Å². The number of imidazole rings is 1. The van der Waals surface area contributed by atoms with Gasteiger partial charge < -0.3 is 9.72 Å². The predicted octanol–water partition coefficient (Wildman–Crippen LogP) is 2.33. The Balaban J connectivity index is 2.16. The lowest BCUT2D eigenvalue weighted by Crippen LogP contribution is -2.27. The average molecular weight is 261 g/mol. The Kier molecular flexibility index (Phi) is 2.94. The highest BCUT2D eigenvalue weighted by Gasteiger charge is 2.21. The van der Waals surface area contributed by atoms with Gasteiger partial charge in [-0.05, 0) is 38.1 Å². The summed E-state index contributed by atoms with van der Waals surface area (Å²) in [6, 6.07) is 5.82. The molecule has 0 radical (unpaired) electrons. The van der Waals surface area contributed by atoms with E-state index in [0.29, 0.717) is 16.6 Å². The summed E-state index contributed by atoms with van der Waals surface area (Å²) < 4.78 is 1.97. The first-order valence-electron chi connectivity index (χ1n) is 6.08. The number of nitriles is 1. The summed E-state index contributed by atoms with van der Waals surface area (Å²) in [4.78, 5) is 4.49. The first kappa shape index (κ1) is 11.5. The third kappa shape index (κ3) is 1.86. The Hall–Kier alpha value is -1.57. The van der Waals surface area contributed by atoms with Crippen LogP contribution < -0.4 is 5.32 Å². The fraction of sp³-hybridized carbons (Fsp3) is 0.385. The number of fused-ring (bicyclic) bond motifs is 1. The highest BCUT2D eigenvalue weighted by Crippen LogP contribution is 2.27. The molecule has 1 saturated heterocycles. The molecular formula is C13H13ClN4. The van der Waals surface area contributed by atoms with Crippen molar-refractivity contribution in [2.75, 3.05) is 13.1 Å². The minimum absolute atomic E-state index is 0.402. The summed E-state index contributed by atoms with van der Waals surface area (Å²) >= 11 is 6.04. The Morgan fingerprint density at radius 1 is 1.39 bits per heavy atom. The van der Waals surface area contributed by atoms with E-state index in [1.165, 1.54) is 0 Å². The molecule has 3 rings (SSSR count). The summed E-state index contributed by atoms with van der Waals surface area (Å²) in [5.74, 6) is 1.37. The molecule has 4 nitrogen and oxygen atoms in total. The van der Waals surface area contributed by atoms with Gasteiger partial charge >= 0.3 is 0 Å². The third-order valence-corrected chi connectivity index (χ3v) is 3.66. The molecule has 0 saturated carbocycles. The van der Waals surface area contributed by atoms with Crippen molar-refractivity contribution in [2.45, 2.75) is 18.8 Å². The largest absolute Gasteiger partial charge is 0.317 e. The van der Waals surface area contributed by atoms with Crippen molar-refractivity contribution in [1.82, 2.24) is 14.7 Å². The van der Waals surface area contributed by atoms with Gasteiger partial charge in [0.25, 0.3) is 0 Å². The number of piperidine rings is 1. The second-order valence-corrected chi connectivity index (χ2v) is 4.99. The zero-order valence-electron chi connectivity index (χ0n) is 9.86. The molecule has 18 heavy (non-hydrogen) atoms. The number of aromatic nitrogens is 2. The minimum atomic E-state index is 0.402. The smallest absolute Gasteiger partial charge is 0.166 e. The Morgan fingerprint density at radius 2 is 2.17 bits per heavy atom. The standard InChI is InChI=1S/C13H13ClN4/c14-10-1-2-12-11(7-15)17-13(18(12)8-10)9-3-5-16-6-4-9/h1-2,8-9,16H,3-6H2. The zero-order valence-corrected chi connectivity index (χ0v) is 10.6. The summed E-state index contributed by atoms with van der Waals surface area (Å²) in [7, 11) is 0. The highest BCUT2D eigenvalue weighted by molar-refractivity contribution is 6.30. The molecule has 0 spiro atoms. The molecule has 0 aliphatic carbocycles. The molecule has 0 bridgehead atoms. The molecular weight excluding hydrogens is 248 g/mol. The van der Waals surface area contributed by atoms with Gasteiger partial charge in [0.1, 0.15) is 11.9 Å². The molecule has 5 heteroatoms. The number of hydrogen-bond donors (Lipinski definition) is 1. The normalized spacial score (nSPS) is 16.9. The molecule has 1 aliphatic heterocycles. The molecule has 1 aliphatic rings. The van der Waals surface area contributed by atoms with Crippen LogP contribution in [0.25, 0.3) is 5.52 Å². The van der Waals surface area contributed by atoms with E-state index in [0.717, 1.165) is 37.3 Å². The fourth-order valence-corrected chi connectivity index (χ4v) is 2.69. The Bertz CT molecular complexity index is 620. The van der Waals surface area contributed by atoms with Crippen LogP contribution in [0.4, 0.5) is 0 Å². The van der Waals surface area contributed by atoms with E-state index in [1.807, 2.05) is 16.7 Å². The maximum absolute atomic E-state index is 9.15. The van der Waals surface area contributed by atoms with Gasteiger partial charge in [-0.1, -0.05) is 11.6 Å². The van der Waals surface area contributed by atoms with Gasteiger partial charge in [-0.15, -0.1) is 0 Å². The van der Waals surface area contributed by atoms with Crippen molar-refractivity contribution in [3.05, 3.63) is 34.9 Å². The van der Waals surface area contributed by atoms with Crippen LogP contribution in [0.3, 0.4) is 0 Å². The van der Waals surface area contributed by atoms with Crippen LogP contribution in [0.1, 0.15) is 30.3 Å². The SMILES string of the molecule is N#Cc1nc(C2CCNCC2)n2cc(Cl)ccc12. The van der Waals surface area contributed by atoms with Gasteiger partial charge in [0, 0.05) is 12.1 Å². The van der Waals surface area contributed by atoms with E-state index in [4.69, 9.17) is 16.9 Å². The zero-order chi connectivity index (χ0) is 12.5. The molecule has 2 aromatic heterocycles. The molecule has 1 N–H and O–H groups in total. The van der Waals surface area contributed by atoms with Gasteiger partial charge in [0.15, 0.2) is 5.69 Å². The van der Waals surface area contributed by atoms with Crippen molar-refractivity contribution in [3.63, 3.8) is 0 Å². The maximum atomic E-state index is 9.15. The quantitative estimate of drug-likeness (QED) is 0.856. The van der Waals surface area contributed by atoms with Gasteiger partial charge in [-0.2, -0.15) is 5.26 Å². The summed E-state index contributed by atoms with van der Waals surface area (Å²) in [5, 5.41) is 13.1. The topological polar surface area (TPSA) is 53.1 Å². The van der Waals surface area contributed by atoms with Crippen LogP contribution in [0.2, 0.25) is 5.02 Å². The lowest BCUT2D eigenvalue weighted by atomic mass is 9.97. The Morgan fingerprint density at radius 3 is 2.89 bits per heavy atom. The summed E-state index contributed by atoms with van der Waals surface area (Å²) in [6.07, 6.45) is 3.95. The molecule has 2 aromatic rings. The number of halogens is 1. The van der Waals surface area contributed by atoms with Crippen LogP contribution >= 0.6 is 11.6 Å². The Labute approximate surface area is 110 Å². The van der Waals surface area contributed by atoms with E-state index in [1.54, 1.807) is 6.07 Å². The van der Waals surface area contributed by atoms with Crippen LogP contribution in [0.15, 0.2) is 18.3 Å². The van der Waals surface area contributed by atoms with Crippen LogP contribution in [-0.4, -0.2) is 22.5 Å². The van der Waals surface area contributed by atoms with Crippen molar-refractivity contribution in [2.24, 2.45) is 0 Å². The predicted molar refractivity (Wildman–Crippen MR) is 69.8 cm³/mol. The molecule has 0 aromatic carbocycles. The first-order valence-corrected chi connectivity index (χ1v) is 6.45. The van der Waals surface area contributed by atoms with Crippen molar-refractivity contribution < 1.29 is 0 Å². The molecule has 1 fully saturated rings. The molecule has 0 atom stereocenters. The van der Waals surface area contributed by atoms with Gasteiger partial charge in [-0.25, -0.2) is 4.98 Å². The first-order chi connectivity index (χ1) is 8.79. The van der Waals surface area contributed by atoms with Crippen molar-refractivity contribution in [1.29, 1.82) is 5.26 Å². The number of nitrogens with one attached hydrogen (secondary N) is 1. The van der Waals surface area contributed by atoms with Crippen LogP contribution in [-0.2, 0) is 0 Å². The summed E-state index contributed by atoms with van der Waals surface area (Å²) in [5.41, 5.74) is 1.33. The van der Waals surface area contributed by atoms with E-state index >= 15 is 0 Å². The van der Waals surface area contributed by atoms with E-state index in [9.17, 15) is 0 Å². The third-order valence-electron chi connectivity index (χ3n) is 3.44. The average Bonchev–Trinajstić information content (AvgIpc) is 2.77. The number of rotatable bonds is 1. The van der Waals surface area contributed by atoms with E-state index in [2.05, 4.69) is 16.4 Å². The fourth-order valence-electron chi connectivity index (χ4n) is 2.53. The second-order valence-electron chi connectivity index (χ2n) is 4.56.